The zero-order chi connectivity index (χ0) is 51.0. The molecule has 1 fully saturated rings. The van der Waals surface area contributed by atoms with E-state index in [0.29, 0.717) is 73.4 Å². The highest BCUT2D eigenvalue weighted by Gasteiger charge is 2.31. The van der Waals surface area contributed by atoms with Crippen LogP contribution in [0.4, 0.5) is 0 Å². The van der Waals surface area contributed by atoms with E-state index in [1.165, 1.54) is 21.3 Å². The Morgan fingerprint density at radius 1 is 0.541 bits per heavy atom. The fourth-order valence-electron chi connectivity index (χ4n) is 10.3. The van der Waals surface area contributed by atoms with E-state index in [9.17, 15) is 9.90 Å². The topological polar surface area (TPSA) is 188 Å². The van der Waals surface area contributed by atoms with Gasteiger partial charge in [-0.05, 0) is 126 Å². The molecular weight excluding hydrogens is 937 g/mol. The van der Waals surface area contributed by atoms with E-state index in [1.54, 1.807) is 39.9 Å². The third kappa shape index (κ3) is 8.42. The van der Waals surface area contributed by atoms with Crippen molar-refractivity contribution in [3.8, 4) is 102 Å². The molecule has 370 valence electrons. The van der Waals surface area contributed by atoms with E-state index in [2.05, 4.69) is 41.6 Å². The first-order chi connectivity index (χ1) is 36.2. The summed E-state index contributed by atoms with van der Waals surface area (Å²) in [6, 6.07) is 33.5. The van der Waals surface area contributed by atoms with Gasteiger partial charge in [-0.2, -0.15) is 9.97 Å². The number of aromatic nitrogens is 8. The summed E-state index contributed by atoms with van der Waals surface area (Å²) < 4.78 is 36.0. The first kappa shape index (κ1) is 47.2. The molecule has 5 aromatic heterocycles. The van der Waals surface area contributed by atoms with Crippen LogP contribution in [-0.4, -0.2) is 93.2 Å². The van der Waals surface area contributed by atoms with Gasteiger partial charge in [0.2, 0.25) is 11.8 Å². The van der Waals surface area contributed by atoms with Crippen molar-refractivity contribution < 1.29 is 38.3 Å². The summed E-state index contributed by atoms with van der Waals surface area (Å²) in [5.41, 5.74) is 10.1. The molecule has 0 unspecified atom stereocenters. The maximum Gasteiger partial charge on any atom is 0.337 e. The highest BCUT2D eigenvalue weighted by molar-refractivity contribution is 6.14. The summed E-state index contributed by atoms with van der Waals surface area (Å²) >= 11 is 0. The van der Waals surface area contributed by atoms with Crippen molar-refractivity contribution in [2.75, 3.05) is 42.7 Å². The molecule has 0 atom stereocenters. The molecule has 16 heteroatoms. The summed E-state index contributed by atoms with van der Waals surface area (Å²) in [6.45, 7) is 0. The first-order valence-electron chi connectivity index (χ1n) is 24.1. The third-order valence-corrected chi connectivity index (χ3v) is 13.8. The second-order valence-electron chi connectivity index (χ2n) is 17.8. The molecule has 1 saturated carbocycles. The Morgan fingerprint density at radius 2 is 1.16 bits per heavy atom. The number of rotatable bonds is 14. The normalized spacial score (nSPS) is 12.8. The lowest BCUT2D eigenvalue weighted by Crippen LogP contribution is -2.14. The van der Waals surface area contributed by atoms with E-state index in [-0.39, 0.29) is 29.5 Å². The lowest BCUT2D eigenvalue weighted by Gasteiger charge is -2.26. The number of carboxylic acid groups (broad SMARTS) is 1. The maximum absolute atomic E-state index is 14.3. The van der Waals surface area contributed by atoms with Crippen LogP contribution in [0.2, 0.25) is 0 Å². The number of aromatic carboxylic acids is 1. The van der Waals surface area contributed by atoms with Gasteiger partial charge in [-0.1, -0.05) is 37.5 Å². The summed E-state index contributed by atoms with van der Waals surface area (Å²) in [5.74, 6) is 1.38. The Kier molecular flexibility index (Phi) is 12.6. The van der Waals surface area contributed by atoms with Crippen LogP contribution >= 0.6 is 0 Å². The standard InChI is InChI=1S/C58H50N8O8/c1-69-37-17-19-39(44-30-60-57(73-5)64-54(44)71-3)41(27-37)43-29-49-52(50(51(43)56(67)68)34-15-21-46-32(25-34)11-10-24-59-46)63-53(66(49)36-12-8-7-9-13-36)35-16-22-47-33(26-35)14-23-48(62-47)42-28-38(70-2)18-20-40(42)45-31-61-58(74-6)65-55(45)72-4/h10-11,14-31,36H,7-9,12-13H2,1-6H3,(H,67,68). The number of hydrogen-bond acceptors (Lipinski definition) is 14. The molecule has 0 spiro atoms. The lowest BCUT2D eigenvalue weighted by atomic mass is 9.86. The Hall–Kier alpha value is -9.18. The molecule has 0 amide bonds. The molecule has 0 aliphatic heterocycles. The molecule has 74 heavy (non-hydrogen) atoms. The number of ether oxygens (including phenoxy) is 6. The van der Waals surface area contributed by atoms with Crippen molar-refractivity contribution >= 4 is 38.8 Å². The second-order valence-corrected chi connectivity index (χ2v) is 17.8. The molecule has 11 rings (SSSR count). The summed E-state index contributed by atoms with van der Waals surface area (Å²) in [5, 5.41) is 13.4. The zero-order valence-corrected chi connectivity index (χ0v) is 41.5. The van der Waals surface area contributed by atoms with E-state index >= 15 is 0 Å². The number of methoxy groups -OCH3 is 6. The van der Waals surface area contributed by atoms with Gasteiger partial charge in [-0.15, -0.1) is 0 Å². The number of nitrogens with zero attached hydrogens (tertiary/aromatic N) is 8. The van der Waals surface area contributed by atoms with Crippen molar-refractivity contribution in [1.82, 2.24) is 39.5 Å². The van der Waals surface area contributed by atoms with Gasteiger partial charge in [0.05, 0.1) is 87.1 Å². The lowest BCUT2D eigenvalue weighted by molar-refractivity contribution is 0.0698. The molecule has 1 aliphatic carbocycles. The van der Waals surface area contributed by atoms with Crippen LogP contribution in [0.1, 0.15) is 48.5 Å². The van der Waals surface area contributed by atoms with Crippen molar-refractivity contribution in [1.29, 1.82) is 0 Å². The number of benzene rings is 5. The molecule has 16 nitrogen and oxygen atoms in total. The molecule has 5 aromatic carbocycles. The summed E-state index contributed by atoms with van der Waals surface area (Å²) in [4.78, 5) is 47.4. The average Bonchev–Trinajstić information content (AvgIpc) is 3.85. The molecule has 1 aliphatic rings. The van der Waals surface area contributed by atoms with Gasteiger partial charge < -0.3 is 38.1 Å². The molecular formula is C58H50N8O8. The van der Waals surface area contributed by atoms with Gasteiger partial charge in [0, 0.05) is 52.1 Å². The fourth-order valence-corrected chi connectivity index (χ4v) is 10.3. The molecule has 10 aromatic rings. The average molecular weight is 987 g/mol. The largest absolute Gasteiger partial charge is 0.497 e. The maximum atomic E-state index is 14.3. The Balaban J connectivity index is 1.16. The van der Waals surface area contributed by atoms with Crippen molar-refractivity contribution in [3.05, 3.63) is 127 Å². The number of pyridine rings is 2. The monoisotopic (exact) mass is 986 g/mol. The van der Waals surface area contributed by atoms with Crippen molar-refractivity contribution in [2.45, 2.75) is 38.1 Å². The van der Waals surface area contributed by atoms with Crippen LogP contribution in [0, 0.1) is 0 Å². The van der Waals surface area contributed by atoms with E-state index in [1.807, 2.05) is 91.0 Å². The summed E-state index contributed by atoms with van der Waals surface area (Å²) in [6.07, 6.45) is 10.1. The predicted molar refractivity (Wildman–Crippen MR) is 283 cm³/mol. The van der Waals surface area contributed by atoms with Crippen LogP contribution in [-0.2, 0) is 0 Å². The third-order valence-electron chi connectivity index (χ3n) is 13.8. The minimum absolute atomic E-state index is 0.0578. The van der Waals surface area contributed by atoms with Crippen LogP contribution < -0.4 is 28.4 Å². The van der Waals surface area contributed by atoms with Gasteiger partial charge in [-0.3, -0.25) is 4.98 Å². The number of imidazole rings is 1. The van der Waals surface area contributed by atoms with Crippen molar-refractivity contribution in [2.24, 2.45) is 0 Å². The molecule has 1 N–H and O–H groups in total. The zero-order valence-electron chi connectivity index (χ0n) is 41.5. The van der Waals surface area contributed by atoms with Gasteiger partial charge in [0.25, 0.3) is 0 Å². The van der Waals surface area contributed by atoms with Gasteiger partial charge in [-0.25, -0.2) is 24.7 Å². The van der Waals surface area contributed by atoms with E-state index in [4.69, 9.17) is 38.4 Å². The second kappa shape index (κ2) is 19.8. The van der Waals surface area contributed by atoms with Gasteiger partial charge >= 0.3 is 18.0 Å². The van der Waals surface area contributed by atoms with E-state index in [0.717, 1.165) is 76.1 Å². The number of fused-ring (bicyclic) bond motifs is 3. The smallest absolute Gasteiger partial charge is 0.337 e. The van der Waals surface area contributed by atoms with Crippen LogP contribution in [0.3, 0.4) is 0 Å². The SMILES string of the molecule is COc1ccc(-c2cnc(OC)nc2OC)c(-c2ccc3cc(-c4nc5c(-c6ccc7ncccc7c6)c(C(=O)O)c(-c6cc(OC)ccc6-c6cnc(OC)nc6OC)cc5n4C4CCCCC4)ccc3n2)c1. The number of carbonyl (C=O) groups is 1. The van der Waals surface area contributed by atoms with Crippen molar-refractivity contribution in [3.63, 3.8) is 0 Å². The fraction of sp³-hybridized carbons (Fsp3) is 0.207. The van der Waals surface area contributed by atoms with Crippen LogP contribution in [0.25, 0.3) is 100.0 Å². The first-order valence-corrected chi connectivity index (χ1v) is 24.1. The minimum Gasteiger partial charge on any atom is -0.497 e. The van der Waals surface area contributed by atoms with E-state index < -0.39 is 5.97 Å². The summed E-state index contributed by atoms with van der Waals surface area (Å²) in [7, 11) is 9.29. The molecule has 0 bridgehead atoms. The van der Waals surface area contributed by atoms with Crippen LogP contribution in [0.15, 0.2) is 122 Å². The van der Waals surface area contributed by atoms with Crippen LogP contribution in [0.5, 0.6) is 35.3 Å². The highest BCUT2D eigenvalue weighted by atomic mass is 16.5. The highest BCUT2D eigenvalue weighted by Crippen LogP contribution is 2.48. The quantitative estimate of drug-likeness (QED) is 0.108. The minimum atomic E-state index is -1.13. The Labute approximate surface area is 425 Å². The number of carboxylic acids is 1. The molecule has 0 saturated heterocycles. The van der Waals surface area contributed by atoms with Gasteiger partial charge in [0.15, 0.2) is 0 Å². The Bertz CT molecular complexity index is 3820. The predicted octanol–water partition coefficient (Wildman–Crippen LogP) is 12.0. The molecule has 5 heterocycles. The molecule has 0 radical (unpaired) electrons. The Morgan fingerprint density at radius 3 is 1.81 bits per heavy atom. The van der Waals surface area contributed by atoms with Gasteiger partial charge in [0.1, 0.15) is 17.3 Å². The number of hydrogen-bond donors (Lipinski definition) is 1.